The van der Waals surface area contributed by atoms with Gasteiger partial charge < -0.3 is 9.64 Å². The number of methoxy groups -OCH3 is 1. The third-order valence-electron chi connectivity index (χ3n) is 2.49. The molecule has 0 aliphatic heterocycles. The first-order chi connectivity index (χ1) is 7.72. The topological polar surface area (TPSA) is 38.2 Å². The Morgan fingerprint density at radius 1 is 1.50 bits per heavy atom. The maximum atomic E-state index is 6.08. The third-order valence-corrected chi connectivity index (χ3v) is 2.94. The second-order valence-electron chi connectivity index (χ2n) is 3.73. The Kier molecular flexibility index (Phi) is 3.84. The number of halogens is 2. The van der Waals surface area contributed by atoms with Gasteiger partial charge in [0.1, 0.15) is 5.02 Å². The van der Waals surface area contributed by atoms with Gasteiger partial charge in [-0.2, -0.15) is 4.98 Å². The van der Waals surface area contributed by atoms with E-state index in [4.69, 9.17) is 27.9 Å². The Morgan fingerprint density at radius 3 is 2.88 bits per heavy atom. The Balaban J connectivity index is 2.19. The Bertz CT molecular complexity index is 371. The first-order valence-electron chi connectivity index (χ1n) is 5.16. The molecule has 1 saturated carbocycles. The minimum absolute atomic E-state index is 0.225. The number of nitrogens with zero attached hydrogens (tertiary/aromatic N) is 3. The predicted molar refractivity (Wildman–Crippen MR) is 64.3 cm³/mol. The van der Waals surface area contributed by atoms with Gasteiger partial charge in [0.2, 0.25) is 5.28 Å². The lowest BCUT2D eigenvalue weighted by atomic mass is 10.4. The lowest BCUT2D eigenvalue weighted by Crippen LogP contribution is -2.30. The summed E-state index contributed by atoms with van der Waals surface area (Å²) < 4.78 is 5.08. The highest BCUT2D eigenvalue weighted by atomic mass is 35.5. The van der Waals surface area contributed by atoms with Crippen molar-refractivity contribution in [3.8, 4) is 0 Å². The van der Waals surface area contributed by atoms with Crippen LogP contribution in [0.25, 0.3) is 0 Å². The molecule has 0 radical (unpaired) electrons. The highest BCUT2D eigenvalue weighted by Gasteiger charge is 2.31. The van der Waals surface area contributed by atoms with Crippen molar-refractivity contribution in [1.29, 1.82) is 0 Å². The molecule has 1 aromatic heterocycles. The molecule has 1 heterocycles. The fourth-order valence-electron chi connectivity index (χ4n) is 1.58. The van der Waals surface area contributed by atoms with Gasteiger partial charge in [-0.15, -0.1) is 0 Å². The Morgan fingerprint density at radius 2 is 2.25 bits per heavy atom. The molecule has 0 saturated heterocycles. The molecule has 16 heavy (non-hydrogen) atoms. The summed E-state index contributed by atoms with van der Waals surface area (Å²) >= 11 is 11.9. The standard InChI is InChI=1S/C10H13Cl2N3O/c1-16-5-4-15(7-2-3-7)9-8(11)6-13-10(12)14-9/h6-7H,2-5H2,1H3. The molecule has 1 aliphatic carbocycles. The number of rotatable bonds is 5. The summed E-state index contributed by atoms with van der Waals surface area (Å²) in [4.78, 5) is 10.2. The molecule has 1 aromatic rings. The van der Waals surface area contributed by atoms with Gasteiger partial charge in [0.15, 0.2) is 5.82 Å². The monoisotopic (exact) mass is 261 g/mol. The predicted octanol–water partition coefficient (Wildman–Crippen LogP) is 2.40. The average Bonchev–Trinajstić information content (AvgIpc) is 3.08. The minimum atomic E-state index is 0.225. The molecule has 0 N–H and O–H groups in total. The number of hydrogen-bond acceptors (Lipinski definition) is 4. The van der Waals surface area contributed by atoms with Gasteiger partial charge in [-0.05, 0) is 24.4 Å². The van der Waals surface area contributed by atoms with Crippen LogP contribution in [0.15, 0.2) is 6.20 Å². The largest absolute Gasteiger partial charge is 0.383 e. The van der Waals surface area contributed by atoms with Crippen LogP contribution in [0.1, 0.15) is 12.8 Å². The van der Waals surface area contributed by atoms with Gasteiger partial charge in [-0.25, -0.2) is 4.98 Å². The Hall–Kier alpha value is -0.580. The van der Waals surface area contributed by atoms with Crippen molar-refractivity contribution < 1.29 is 4.74 Å². The molecule has 1 aliphatic rings. The zero-order valence-electron chi connectivity index (χ0n) is 8.99. The summed E-state index contributed by atoms with van der Waals surface area (Å²) in [5, 5.41) is 0.759. The number of ether oxygens (including phenoxy) is 1. The van der Waals surface area contributed by atoms with Gasteiger partial charge in [0.25, 0.3) is 0 Å². The lowest BCUT2D eigenvalue weighted by molar-refractivity contribution is 0.204. The maximum absolute atomic E-state index is 6.08. The van der Waals surface area contributed by atoms with Crippen molar-refractivity contribution in [2.24, 2.45) is 0 Å². The second-order valence-corrected chi connectivity index (χ2v) is 4.47. The molecule has 6 heteroatoms. The van der Waals surface area contributed by atoms with Crippen LogP contribution in [-0.4, -0.2) is 36.3 Å². The minimum Gasteiger partial charge on any atom is -0.383 e. The molecule has 0 aromatic carbocycles. The highest BCUT2D eigenvalue weighted by molar-refractivity contribution is 6.33. The summed E-state index contributed by atoms with van der Waals surface area (Å²) in [5.41, 5.74) is 0. The van der Waals surface area contributed by atoms with Crippen molar-refractivity contribution in [1.82, 2.24) is 9.97 Å². The fourth-order valence-corrected chi connectivity index (χ4v) is 1.90. The van der Waals surface area contributed by atoms with Crippen LogP contribution in [0, 0.1) is 0 Å². The van der Waals surface area contributed by atoms with Crippen molar-refractivity contribution in [2.45, 2.75) is 18.9 Å². The smallest absolute Gasteiger partial charge is 0.224 e. The first kappa shape index (κ1) is 11.9. The van der Waals surface area contributed by atoms with Gasteiger partial charge in [-0.1, -0.05) is 11.6 Å². The molecule has 2 rings (SSSR count). The summed E-state index contributed by atoms with van der Waals surface area (Å²) in [6, 6.07) is 0.513. The van der Waals surface area contributed by atoms with E-state index in [-0.39, 0.29) is 5.28 Å². The van der Waals surface area contributed by atoms with Gasteiger partial charge in [0.05, 0.1) is 12.8 Å². The zero-order chi connectivity index (χ0) is 11.5. The number of aromatic nitrogens is 2. The summed E-state index contributed by atoms with van der Waals surface area (Å²) in [7, 11) is 1.68. The number of anilines is 1. The molecule has 4 nitrogen and oxygen atoms in total. The SMILES string of the molecule is COCCN(c1nc(Cl)ncc1Cl)C1CC1. The van der Waals surface area contributed by atoms with Crippen molar-refractivity contribution in [3.63, 3.8) is 0 Å². The molecule has 0 atom stereocenters. The van der Waals surface area contributed by atoms with Crippen LogP contribution in [0.3, 0.4) is 0 Å². The van der Waals surface area contributed by atoms with Gasteiger partial charge >= 0.3 is 0 Å². The van der Waals surface area contributed by atoms with E-state index >= 15 is 0 Å². The van der Waals surface area contributed by atoms with E-state index in [0.717, 1.165) is 6.54 Å². The van der Waals surface area contributed by atoms with Crippen LogP contribution in [-0.2, 0) is 4.74 Å². The summed E-state index contributed by atoms with van der Waals surface area (Å²) in [6.45, 7) is 1.42. The molecular formula is C10H13Cl2N3O. The van der Waals surface area contributed by atoms with Crippen molar-refractivity contribution >= 4 is 29.0 Å². The molecule has 88 valence electrons. The molecule has 0 spiro atoms. The van der Waals surface area contributed by atoms with Crippen LogP contribution in [0.2, 0.25) is 10.3 Å². The normalized spacial score (nSPS) is 15.2. The molecule has 0 unspecified atom stereocenters. The van der Waals surface area contributed by atoms with E-state index in [1.54, 1.807) is 7.11 Å². The first-order valence-corrected chi connectivity index (χ1v) is 5.91. The van der Waals surface area contributed by atoms with E-state index in [2.05, 4.69) is 14.9 Å². The fraction of sp³-hybridized carbons (Fsp3) is 0.600. The van der Waals surface area contributed by atoms with Gasteiger partial charge in [-0.3, -0.25) is 0 Å². The summed E-state index contributed by atoms with van der Waals surface area (Å²) in [5.74, 6) is 0.709. The maximum Gasteiger partial charge on any atom is 0.224 e. The van der Waals surface area contributed by atoms with Crippen LogP contribution >= 0.6 is 23.2 Å². The van der Waals surface area contributed by atoms with Crippen LogP contribution in [0.4, 0.5) is 5.82 Å². The van der Waals surface area contributed by atoms with Crippen LogP contribution < -0.4 is 4.90 Å². The van der Waals surface area contributed by atoms with E-state index in [1.165, 1.54) is 19.0 Å². The molecular weight excluding hydrogens is 249 g/mol. The van der Waals surface area contributed by atoms with Gasteiger partial charge in [0, 0.05) is 19.7 Å². The molecule has 0 bridgehead atoms. The highest BCUT2D eigenvalue weighted by Crippen LogP contribution is 2.34. The van der Waals surface area contributed by atoms with Crippen molar-refractivity contribution in [3.05, 3.63) is 16.5 Å². The van der Waals surface area contributed by atoms with E-state index in [9.17, 15) is 0 Å². The quantitative estimate of drug-likeness (QED) is 0.764. The zero-order valence-corrected chi connectivity index (χ0v) is 10.5. The van der Waals surface area contributed by atoms with E-state index < -0.39 is 0 Å². The number of hydrogen-bond donors (Lipinski definition) is 0. The second kappa shape index (κ2) is 5.17. The lowest BCUT2D eigenvalue weighted by Gasteiger charge is -2.23. The molecule has 0 amide bonds. The Labute approximate surface area is 105 Å². The summed E-state index contributed by atoms with van der Waals surface area (Å²) in [6.07, 6.45) is 3.87. The van der Waals surface area contributed by atoms with Crippen LogP contribution in [0.5, 0.6) is 0 Å². The van der Waals surface area contributed by atoms with E-state index in [1.807, 2.05) is 0 Å². The van der Waals surface area contributed by atoms with Crippen molar-refractivity contribution in [2.75, 3.05) is 25.2 Å². The van der Waals surface area contributed by atoms with E-state index in [0.29, 0.717) is 23.5 Å². The third kappa shape index (κ3) is 2.75. The average molecular weight is 262 g/mol. The molecule has 1 fully saturated rings.